The Labute approximate surface area is 672 Å². The number of carbonyl (C=O) groups is 13. The second-order valence-electron chi connectivity index (χ2n) is 29.4. The average Bonchev–Trinajstić information content (AvgIpc) is 0.739. The molecule has 6 aromatic rings. The summed E-state index contributed by atoms with van der Waals surface area (Å²) in [6.07, 6.45) is 4.78. The van der Waals surface area contributed by atoms with Crippen molar-refractivity contribution in [3.63, 3.8) is 0 Å². The molecule has 7 rings (SSSR count). The monoisotopic (exact) mass is 1590 g/mol. The lowest BCUT2D eigenvalue weighted by Crippen LogP contribution is -2.91. The normalized spacial score (nSPS) is 13.5. The van der Waals surface area contributed by atoms with Gasteiger partial charge in [-0.1, -0.05) is 116 Å². The van der Waals surface area contributed by atoms with Gasteiger partial charge >= 0.3 is 0 Å². The largest absolute Gasteiger partial charge is 0.550 e. The highest BCUT2D eigenvalue weighted by Crippen LogP contribution is 2.36. The van der Waals surface area contributed by atoms with Crippen molar-refractivity contribution in [1.29, 1.82) is 0 Å². The molecule has 6 amide bonds. The molecule has 1 aliphatic heterocycles. The third-order valence-electron chi connectivity index (χ3n) is 19.2. The van der Waals surface area contributed by atoms with Gasteiger partial charge in [0.15, 0.2) is 11.6 Å². The lowest BCUT2D eigenvalue weighted by molar-refractivity contribution is -0.683. The number of nitrogens with zero attached hydrogens (tertiary/aromatic N) is 2. The molecule has 0 bridgehead atoms. The summed E-state index contributed by atoms with van der Waals surface area (Å²) in [6.45, 7) is 10.5. The van der Waals surface area contributed by atoms with Gasteiger partial charge in [0.1, 0.15) is 43.0 Å². The van der Waals surface area contributed by atoms with Crippen LogP contribution in [0, 0.1) is 11.8 Å². The van der Waals surface area contributed by atoms with E-state index in [2.05, 4.69) is 128 Å². The number of hydrogen-bond acceptors (Lipinski definition) is 19. The molecule has 1 aliphatic rings. The number of nitrogens with one attached hydrogen (secondary N) is 5. The SMILES string of the molecule is CC(=O)NCC[C@@H](NC(=O)CCCC(=O)[O-])C(=O)[O-].CC(=O)Nc1ccc(-c2ccc(C[C@H](C)CC(=O)[C@@H]([NH3+])CC[NH2+]C[C@@H]([NH3+])Cc3ccccc3)cc2)cc1.CC(=O)[C@@H](CCN1C(=O)c2cccc3c(N(C)C)ccc(c23)C1=O)CC(=O)[C@@H]([NH3+])CC[NH2+]C[C@@H]([NH3+])Cc1ccccc1.CNCC[C@@H](NC(=O)CCCC(=O)[O-])C(=O)[O-]. The zero-order valence-electron chi connectivity index (χ0n) is 67.5. The highest BCUT2D eigenvalue weighted by Gasteiger charge is 2.35. The molecule has 624 valence electrons. The average molecular weight is 1590 g/mol. The number of anilines is 2. The maximum atomic E-state index is 13.4. The van der Waals surface area contributed by atoms with Crippen LogP contribution in [0.25, 0.3) is 21.9 Å². The van der Waals surface area contributed by atoms with Crippen molar-refractivity contribution in [2.45, 2.75) is 167 Å². The van der Waals surface area contributed by atoms with Crippen LogP contribution in [0.3, 0.4) is 0 Å². The highest BCUT2D eigenvalue weighted by atomic mass is 16.4. The molecule has 0 spiro atoms. The molecule has 30 nitrogen and oxygen atoms in total. The third kappa shape index (κ3) is 36.8. The Morgan fingerprint density at radius 3 is 1.41 bits per heavy atom. The van der Waals surface area contributed by atoms with Gasteiger partial charge in [0.2, 0.25) is 23.6 Å². The molecule has 21 N–H and O–H groups in total. The second kappa shape index (κ2) is 51.7. The van der Waals surface area contributed by atoms with Crippen molar-refractivity contribution >= 4 is 98.8 Å². The van der Waals surface area contributed by atoms with E-state index in [9.17, 15) is 82.8 Å². The van der Waals surface area contributed by atoms with E-state index in [1.807, 2.05) is 85.7 Å². The second-order valence-corrected chi connectivity index (χ2v) is 29.4. The zero-order valence-corrected chi connectivity index (χ0v) is 67.5. The van der Waals surface area contributed by atoms with E-state index in [0.717, 1.165) is 79.8 Å². The van der Waals surface area contributed by atoms with Crippen LogP contribution in [-0.2, 0) is 72.0 Å². The molecule has 0 saturated carbocycles. The summed E-state index contributed by atoms with van der Waals surface area (Å²) in [5, 5.41) is 60.0. The summed E-state index contributed by atoms with van der Waals surface area (Å²) >= 11 is 0. The molecule has 0 fully saturated rings. The molecule has 30 heteroatoms. The lowest BCUT2D eigenvalue weighted by atomic mass is 9.90. The Morgan fingerprint density at radius 2 is 0.965 bits per heavy atom. The van der Waals surface area contributed by atoms with Crippen LogP contribution in [0.1, 0.15) is 149 Å². The van der Waals surface area contributed by atoms with Crippen LogP contribution in [-0.4, -0.2) is 185 Å². The molecule has 8 atom stereocenters. The topological polar surface area (TPSA) is 525 Å². The number of benzene rings is 6. The van der Waals surface area contributed by atoms with Gasteiger partial charge in [0.05, 0.1) is 50.0 Å². The number of Topliss-reactive ketones (excluding diaryl/α,β-unsaturated/α-hetero) is 3. The van der Waals surface area contributed by atoms with Gasteiger partial charge in [-0.05, 0) is 136 Å². The first-order chi connectivity index (χ1) is 54.7. The van der Waals surface area contributed by atoms with Crippen LogP contribution in [0.15, 0.2) is 140 Å². The minimum atomic E-state index is -1.46. The number of quaternary nitrogens is 6. The van der Waals surface area contributed by atoms with Gasteiger partial charge in [-0.25, -0.2) is 0 Å². The molecule has 115 heavy (non-hydrogen) atoms. The lowest BCUT2D eigenvalue weighted by Gasteiger charge is -2.29. The minimum absolute atomic E-state index is 0.00581. The standard InChI is InChI=1S/C33H41N5O4.C31H40N4O2.C11H18N2O6.C10H18N2O5/c1-21(39)23(19-30(40)28(35)14-16-36-20-24(34)18-22-8-5-4-6-9-22)15-17-38-32(41)26-11-7-10-25-29(37(2)3)13-12-27(31(25)26)33(38)42;1-22(18-25-8-10-26(11-9-25)27-12-14-29(15-13-27)35-23(2)36)19-31(37)30(33)16-17-34-21-28(32)20-24-6-4-3-5-7-24;1-7(14)12-6-5-8(11(18)19)13-9(15)3-2-4-10(16)17;1-11-6-5-7(10(16)17)12-8(13)3-2-4-9(14)15/h4-13,23-24,28,36H,14-20,34-35H2,1-3H3;3-15,22,28,30,34H,16-21,32-33H2,1-2H3,(H,35,36);8H,2-6H2,1H3,(H,12,14)(H,13,15)(H,16,17)(H,18,19);7,11H,2-6H2,1H3,(H,12,13)(H,14,15)(H,16,17)/p+2/t23-,24-,28-;22-,28-,30-;8-;7-/m0011/s1. The number of carboxylic acid groups (broad SMARTS) is 4. The molecule has 6 aromatic carbocycles. The van der Waals surface area contributed by atoms with E-state index in [-0.39, 0.29) is 136 Å². The van der Waals surface area contributed by atoms with Crippen LogP contribution >= 0.6 is 0 Å². The number of imide groups is 1. The van der Waals surface area contributed by atoms with Gasteiger partial charge in [0, 0.05) is 131 Å². The molecule has 0 aliphatic carbocycles. The van der Waals surface area contributed by atoms with E-state index in [1.54, 1.807) is 19.2 Å². The third-order valence-corrected chi connectivity index (χ3v) is 19.2. The fraction of sp³-hybridized carbons (Fsp3) is 0.447. The Bertz CT molecular complexity index is 4130. The quantitative estimate of drug-likeness (QED) is 0.0127. The van der Waals surface area contributed by atoms with Crippen LogP contribution < -0.4 is 85.5 Å². The van der Waals surface area contributed by atoms with Gasteiger partial charge in [0.25, 0.3) is 11.8 Å². The first-order valence-corrected chi connectivity index (χ1v) is 39.1. The number of aliphatic carboxylic acids is 4. The van der Waals surface area contributed by atoms with E-state index in [1.165, 1.54) is 42.4 Å². The van der Waals surface area contributed by atoms with Crippen molar-refractivity contribution in [2.24, 2.45) is 11.8 Å². The molecule has 0 saturated heterocycles. The minimum Gasteiger partial charge on any atom is -0.550 e. The maximum Gasteiger partial charge on any atom is 0.261 e. The predicted molar refractivity (Wildman–Crippen MR) is 424 cm³/mol. The number of amides is 6. The van der Waals surface area contributed by atoms with E-state index >= 15 is 0 Å². The summed E-state index contributed by atoms with van der Waals surface area (Å²) in [6, 6.07) is 44.0. The van der Waals surface area contributed by atoms with Crippen molar-refractivity contribution in [3.05, 3.63) is 167 Å². The smallest absolute Gasteiger partial charge is 0.261 e. The van der Waals surface area contributed by atoms with Crippen LogP contribution in [0.4, 0.5) is 11.4 Å². The first-order valence-electron chi connectivity index (χ1n) is 39.1. The number of carboxylic acids is 4. The summed E-state index contributed by atoms with van der Waals surface area (Å²) in [5.74, 6) is -7.76. The van der Waals surface area contributed by atoms with Crippen molar-refractivity contribution in [2.75, 3.05) is 77.2 Å². The Hall–Kier alpha value is -11.0. The van der Waals surface area contributed by atoms with Crippen molar-refractivity contribution in [3.8, 4) is 11.1 Å². The van der Waals surface area contributed by atoms with E-state index in [4.69, 9.17) is 0 Å². The molecule has 1 heterocycles. The van der Waals surface area contributed by atoms with Crippen molar-refractivity contribution in [1.82, 2.24) is 26.2 Å². The molecule has 0 unspecified atom stereocenters. The van der Waals surface area contributed by atoms with Gasteiger partial charge in [-0.3, -0.25) is 48.1 Å². The molecular formula is C85H119N13O17+2. The summed E-state index contributed by atoms with van der Waals surface area (Å²) in [7, 11) is 5.51. The summed E-state index contributed by atoms with van der Waals surface area (Å²) < 4.78 is 0. The Morgan fingerprint density at radius 1 is 0.504 bits per heavy atom. The Kier molecular flexibility index (Phi) is 43.3. The van der Waals surface area contributed by atoms with Crippen molar-refractivity contribution < 1.29 is 116 Å². The maximum absolute atomic E-state index is 13.4. The fourth-order valence-electron chi connectivity index (χ4n) is 12.9. The fourth-order valence-corrected chi connectivity index (χ4v) is 12.9. The number of hydrogen-bond donors (Lipinski definition) is 11. The summed E-state index contributed by atoms with van der Waals surface area (Å²) in [4.78, 5) is 154. The van der Waals surface area contributed by atoms with Gasteiger partial charge in [-0.2, -0.15) is 0 Å². The summed E-state index contributed by atoms with van der Waals surface area (Å²) in [5.41, 5.74) is 25.4. The predicted octanol–water partition coefficient (Wildman–Crippen LogP) is -4.24. The Balaban J connectivity index is 0.000000346. The van der Waals surface area contributed by atoms with Crippen LogP contribution in [0.2, 0.25) is 0 Å². The highest BCUT2D eigenvalue weighted by molar-refractivity contribution is 6.26. The van der Waals surface area contributed by atoms with E-state index < -0.39 is 59.7 Å². The van der Waals surface area contributed by atoms with Gasteiger partial charge < -0.3 is 105 Å². The first kappa shape index (κ1) is 96.4. The van der Waals surface area contributed by atoms with Gasteiger partial charge in [-0.15, -0.1) is 0 Å². The molecule has 0 radical (unpaired) electrons. The molecular weight excluding hydrogens is 1480 g/mol. The molecule has 0 aromatic heterocycles. The van der Waals surface area contributed by atoms with Crippen LogP contribution in [0.5, 0.6) is 0 Å². The number of ketones is 3. The number of carbonyl (C=O) groups excluding carboxylic acids is 13. The van der Waals surface area contributed by atoms with E-state index in [0.29, 0.717) is 41.9 Å². The number of nitrogens with two attached hydrogens (primary N) is 2. The number of rotatable bonds is 47. The zero-order chi connectivity index (χ0) is 85.1.